The van der Waals surface area contributed by atoms with E-state index in [4.69, 9.17) is 4.74 Å². The molecule has 31 heavy (non-hydrogen) atoms. The Hall–Kier alpha value is -3.02. The highest BCUT2D eigenvalue weighted by molar-refractivity contribution is 5.84. The molecule has 3 aromatic rings. The van der Waals surface area contributed by atoms with Gasteiger partial charge in [0.05, 0.1) is 0 Å². The Bertz CT molecular complexity index is 1050. The van der Waals surface area contributed by atoms with Crippen molar-refractivity contribution in [2.75, 3.05) is 25.6 Å². The molecule has 0 spiro atoms. The lowest BCUT2D eigenvalue weighted by Gasteiger charge is -2.23. The highest BCUT2D eigenvalue weighted by Gasteiger charge is 2.42. The number of carbonyl (C=O) groups is 1. The van der Waals surface area contributed by atoms with E-state index in [1.54, 1.807) is 0 Å². The number of carboxylic acids is 1. The average Bonchev–Trinajstić information content (AvgIpc) is 3.42. The molecule has 1 N–H and O–H groups in total. The molecule has 6 heteroatoms. The average molecular weight is 422 g/mol. The molecule has 0 radical (unpaired) electrons. The van der Waals surface area contributed by atoms with Crippen molar-refractivity contribution >= 4 is 22.7 Å². The number of aromatic nitrogens is 2. The van der Waals surface area contributed by atoms with Crippen molar-refractivity contribution in [2.24, 2.45) is 5.41 Å². The van der Waals surface area contributed by atoms with E-state index in [1.165, 1.54) is 10.9 Å². The van der Waals surface area contributed by atoms with Crippen molar-refractivity contribution in [1.29, 1.82) is 0 Å². The zero-order valence-electron chi connectivity index (χ0n) is 18.4. The van der Waals surface area contributed by atoms with E-state index in [1.807, 2.05) is 43.5 Å². The first-order valence-electron chi connectivity index (χ1n) is 11.0. The summed E-state index contributed by atoms with van der Waals surface area (Å²) in [4.78, 5) is 18.1. The number of carboxylic acid groups (broad SMARTS) is 1. The van der Waals surface area contributed by atoms with Crippen LogP contribution in [0, 0.1) is 5.41 Å². The maximum Gasteiger partial charge on any atom is 0.313 e. The van der Waals surface area contributed by atoms with Crippen molar-refractivity contribution in [3.63, 3.8) is 0 Å². The predicted molar refractivity (Wildman–Crippen MR) is 123 cm³/mol. The number of anilines is 1. The summed E-state index contributed by atoms with van der Waals surface area (Å²) >= 11 is 0. The van der Waals surface area contributed by atoms with Crippen LogP contribution in [-0.2, 0) is 17.8 Å². The van der Waals surface area contributed by atoms with Crippen molar-refractivity contribution in [1.82, 2.24) is 9.55 Å². The number of aliphatic carboxylic acids is 1. The summed E-state index contributed by atoms with van der Waals surface area (Å²) in [6.45, 7) is 1.18. The highest BCUT2D eigenvalue weighted by atomic mass is 16.5. The van der Waals surface area contributed by atoms with Crippen LogP contribution in [0.2, 0.25) is 0 Å². The van der Waals surface area contributed by atoms with Crippen molar-refractivity contribution in [2.45, 2.75) is 45.1 Å². The molecule has 1 fully saturated rings. The predicted octanol–water partition coefficient (Wildman–Crippen LogP) is 4.76. The fourth-order valence-corrected chi connectivity index (χ4v) is 4.53. The van der Waals surface area contributed by atoms with Crippen molar-refractivity contribution < 1.29 is 14.6 Å². The van der Waals surface area contributed by atoms with Gasteiger partial charge in [0.1, 0.15) is 17.8 Å². The quantitative estimate of drug-likeness (QED) is 0.540. The van der Waals surface area contributed by atoms with Gasteiger partial charge < -0.3 is 19.3 Å². The lowest BCUT2D eigenvalue weighted by molar-refractivity contribution is -0.150. The van der Waals surface area contributed by atoms with Crippen LogP contribution in [0.5, 0.6) is 5.75 Å². The Balaban J connectivity index is 1.37. The molecule has 0 saturated heterocycles. The lowest BCUT2D eigenvalue weighted by Crippen LogP contribution is -2.34. The van der Waals surface area contributed by atoms with Gasteiger partial charge in [-0.2, -0.15) is 0 Å². The minimum atomic E-state index is -0.733. The number of fused-ring (bicyclic) bond motifs is 1. The zero-order valence-corrected chi connectivity index (χ0v) is 18.4. The highest BCUT2D eigenvalue weighted by Crippen LogP contribution is 2.39. The van der Waals surface area contributed by atoms with Crippen molar-refractivity contribution in [3.8, 4) is 5.75 Å². The molecule has 1 aliphatic rings. The van der Waals surface area contributed by atoms with Gasteiger partial charge in [0.2, 0.25) is 5.95 Å². The number of aryl methyl sites for hydroxylation is 2. The molecule has 0 amide bonds. The number of nitrogens with zero attached hydrogens (tertiary/aromatic N) is 3. The van der Waals surface area contributed by atoms with E-state index in [0.717, 1.165) is 49.3 Å². The molecule has 0 aliphatic heterocycles. The van der Waals surface area contributed by atoms with Gasteiger partial charge in [-0.05, 0) is 54.2 Å². The van der Waals surface area contributed by atoms with Gasteiger partial charge >= 0.3 is 5.97 Å². The number of rotatable bonds is 9. The third-order valence-electron chi connectivity index (χ3n) is 6.36. The maximum atomic E-state index is 11.7. The molecule has 0 atom stereocenters. The van der Waals surface area contributed by atoms with Gasteiger partial charge in [0, 0.05) is 33.0 Å². The summed E-state index contributed by atoms with van der Waals surface area (Å²) in [5, 5.41) is 11.9. The van der Waals surface area contributed by atoms with Gasteiger partial charge in [-0.25, -0.2) is 4.98 Å². The van der Waals surface area contributed by atoms with Crippen LogP contribution in [0.25, 0.3) is 10.8 Å². The molecule has 4 rings (SSSR count). The number of ether oxygens (including phenoxy) is 1. The van der Waals surface area contributed by atoms with Crippen molar-refractivity contribution in [3.05, 3.63) is 54.4 Å². The molecule has 6 nitrogen and oxygen atoms in total. The summed E-state index contributed by atoms with van der Waals surface area (Å²) in [6.07, 6.45) is 9.25. The van der Waals surface area contributed by atoms with Gasteiger partial charge in [-0.15, -0.1) is 0 Å². The fraction of sp³-hybridized carbons (Fsp3) is 0.440. The third kappa shape index (κ3) is 4.68. The van der Waals surface area contributed by atoms with E-state index in [0.29, 0.717) is 12.8 Å². The van der Waals surface area contributed by atoms with E-state index in [2.05, 4.69) is 33.8 Å². The SMILES string of the molecule is CN(C)c1nccn1CCCc1ccc2cc(OCC3(C(=O)O)CCCC3)ccc2c1. The van der Waals surface area contributed by atoms with Gasteiger partial charge in [0.15, 0.2) is 0 Å². The first kappa shape index (κ1) is 21.2. The van der Waals surface area contributed by atoms with Crippen LogP contribution < -0.4 is 9.64 Å². The Labute approximate surface area is 183 Å². The summed E-state index contributed by atoms with van der Waals surface area (Å²) < 4.78 is 8.12. The van der Waals surface area contributed by atoms with Crippen LogP contribution in [-0.4, -0.2) is 41.3 Å². The monoisotopic (exact) mass is 421 g/mol. The summed E-state index contributed by atoms with van der Waals surface area (Å²) in [6, 6.07) is 12.6. The first-order valence-corrected chi connectivity index (χ1v) is 11.0. The second kappa shape index (κ2) is 9.00. The maximum absolute atomic E-state index is 11.7. The largest absolute Gasteiger partial charge is 0.492 e. The Kier molecular flexibility index (Phi) is 6.16. The molecule has 1 heterocycles. The second-order valence-electron chi connectivity index (χ2n) is 8.84. The summed E-state index contributed by atoms with van der Waals surface area (Å²) in [7, 11) is 4.02. The summed E-state index contributed by atoms with van der Waals surface area (Å²) in [5.41, 5.74) is 0.587. The Morgan fingerprint density at radius 2 is 1.90 bits per heavy atom. The molecule has 0 bridgehead atoms. The number of hydrogen-bond acceptors (Lipinski definition) is 4. The molecular formula is C25H31N3O3. The zero-order chi connectivity index (χ0) is 21.8. The van der Waals surface area contributed by atoms with Gasteiger partial charge in [-0.1, -0.05) is 37.1 Å². The van der Waals surface area contributed by atoms with Gasteiger partial charge in [-0.3, -0.25) is 4.79 Å². The van der Waals surface area contributed by atoms with Crippen LogP contribution >= 0.6 is 0 Å². The van der Waals surface area contributed by atoms with E-state index >= 15 is 0 Å². The van der Waals surface area contributed by atoms with Crippen LogP contribution in [0.3, 0.4) is 0 Å². The number of imidazole rings is 1. The number of hydrogen-bond donors (Lipinski definition) is 1. The second-order valence-corrected chi connectivity index (χ2v) is 8.84. The minimum Gasteiger partial charge on any atom is -0.492 e. The third-order valence-corrected chi connectivity index (χ3v) is 6.36. The first-order chi connectivity index (χ1) is 15.0. The Morgan fingerprint density at radius 1 is 1.16 bits per heavy atom. The molecule has 1 aromatic heterocycles. The molecular weight excluding hydrogens is 390 g/mol. The topological polar surface area (TPSA) is 67.6 Å². The molecule has 0 unspecified atom stereocenters. The van der Waals surface area contributed by atoms with Crippen LogP contribution in [0.4, 0.5) is 5.95 Å². The molecule has 1 saturated carbocycles. The lowest BCUT2D eigenvalue weighted by atomic mass is 9.87. The van der Waals surface area contributed by atoms with E-state index < -0.39 is 11.4 Å². The molecule has 2 aromatic carbocycles. The summed E-state index contributed by atoms with van der Waals surface area (Å²) in [5.74, 6) is 0.987. The normalized spacial score (nSPS) is 15.3. The fourth-order valence-electron chi connectivity index (χ4n) is 4.53. The van der Waals surface area contributed by atoms with Crippen LogP contribution in [0.15, 0.2) is 48.8 Å². The van der Waals surface area contributed by atoms with Crippen LogP contribution in [0.1, 0.15) is 37.7 Å². The molecule has 1 aliphatic carbocycles. The number of benzene rings is 2. The van der Waals surface area contributed by atoms with E-state index in [9.17, 15) is 9.90 Å². The molecule has 164 valence electrons. The van der Waals surface area contributed by atoms with E-state index in [-0.39, 0.29) is 6.61 Å². The minimum absolute atomic E-state index is 0.245. The smallest absolute Gasteiger partial charge is 0.313 e. The Morgan fingerprint density at radius 3 is 2.65 bits per heavy atom. The van der Waals surface area contributed by atoms with Gasteiger partial charge in [0.25, 0.3) is 0 Å². The standard InChI is InChI=1S/C25H31N3O3/c1-27(2)24-26-13-15-28(24)14-5-6-19-7-8-21-17-22(10-9-20(21)16-19)31-18-25(23(29)30)11-3-4-12-25/h7-10,13,15-17H,3-6,11-12,14,18H2,1-2H3,(H,29,30).